The molecule has 0 amide bonds. The third-order valence-electron chi connectivity index (χ3n) is 3.35. The Labute approximate surface area is 107 Å². The lowest BCUT2D eigenvalue weighted by molar-refractivity contribution is 0.649. The minimum absolute atomic E-state index is 0.793. The first kappa shape index (κ1) is 11.2. The van der Waals surface area contributed by atoms with E-state index < -0.39 is 0 Å². The fraction of sp³-hybridized carbons (Fsp3) is 0.333. The number of aromatic nitrogens is 3. The first-order valence-electron chi connectivity index (χ1n) is 6.55. The molecule has 3 rings (SSSR count). The van der Waals surface area contributed by atoms with Crippen LogP contribution in [-0.4, -0.2) is 15.0 Å². The highest BCUT2D eigenvalue weighted by Crippen LogP contribution is 2.24. The highest BCUT2D eigenvalue weighted by molar-refractivity contribution is 5.62. The number of benzene rings is 1. The molecule has 2 aromatic rings. The maximum Gasteiger partial charge on any atom is 0.108 e. The molecule has 0 saturated heterocycles. The summed E-state index contributed by atoms with van der Waals surface area (Å²) in [4.78, 5) is 0. The van der Waals surface area contributed by atoms with Crippen LogP contribution in [0.2, 0.25) is 0 Å². The second-order valence-electron chi connectivity index (χ2n) is 4.76. The molecule has 3 heteroatoms. The molecule has 0 radical (unpaired) electrons. The molecule has 1 aromatic heterocycles. The van der Waals surface area contributed by atoms with Crippen molar-refractivity contribution < 1.29 is 0 Å². The molecule has 1 aliphatic rings. The number of allylic oxidation sites excluding steroid dienone is 2. The van der Waals surface area contributed by atoms with Gasteiger partial charge in [0, 0.05) is 0 Å². The van der Waals surface area contributed by atoms with Crippen molar-refractivity contribution in [1.82, 2.24) is 15.0 Å². The van der Waals surface area contributed by atoms with E-state index >= 15 is 0 Å². The molecule has 3 nitrogen and oxygen atoms in total. The lowest BCUT2D eigenvalue weighted by Crippen LogP contribution is -1.99. The molecule has 0 saturated carbocycles. The molecule has 1 aromatic carbocycles. The lowest BCUT2D eigenvalue weighted by Gasteiger charge is -2.08. The standard InChI is InChI=1S/C15H17N3/c1-3-7-13(8-4-1)11-18-12-15(16-17-18)14-9-5-2-6-10-14/h1,3-4,7-9,12H,2,5-6,10-11H2. The first-order valence-corrected chi connectivity index (χ1v) is 6.55. The number of hydrogen-bond donors (Lipinski definition) is 0. The second-order valence-corrected chi connectivity index (χ2v) is 4.76. The second kappa shape index (κ2) is 5.17. The zero-order chi connectivity index (χ0) is 12.2. The Bertz CT molecular complexity index is 540. The third-order valence-corrected chi connectivity index (χ3v) is 3.35. The highest BCUT2D eigenvalue weighted by atomic mass is 15.4. The summed E-state index contributed by atoms with van der Waals surface area (Å²) < 4.78 is 1.92. The van der Waals surface area contributed by atoms with Gasteiger partial charge in [0.1, 0.15) is 5.69 Å². The Morgan fingerprint density at radius 3 is 2.78 bits per heavy atom. The van der Waals surface area contributed by atoms with Gasteiger partial charge >= 0.3 is 0 Å². The SMILES string of the molecule is C1=C(c2cn(Cc3ccccc3)nn2)CCCC1. The van der Waals surface area contributed by atoms with Gasteiger partial charge in [-0.2, -0.15) is 0 Å². The van der Waals surface area contributed by atoms with Crippen LogP contribution >= 0.6 is 0 Å². The van der Waals surface area contributed by atoms with Crippen molar-refractivity contribution in [3.8, 4) is 0 Å². The number of rotatable bonds is 3. The summed E-state index contributed by atoms with van der Waals surface area (Å²) in [5.41, 5.74) is 3.66. The van der Waals surface area contributed by atoms with Crippen molar-refractivity contribution >= 4 is 5.57 Å². The fourth-order valence-electron chi connectivity index (χ4n) is 2.36. The van der Waals surface area contributed by atoms with Crippen molar-refractivity contribution in [2.45, 2.75) is 32.2 Å². The fourth-order valence-corrected chi connectivity index (χ4v) is 2.36. The molecule has 1 aliphatic carbocycles. The largest absolute Gasteiger partial charge is 0.247 e. The predicted octanol–water partition coefficient (Wildman–Crippen LogP) is 3.28. The molecule has 0 unspecified atom stereocenters. The molecule has 18 heavy (non-hydrogen) atoms. The van der Waals surface area contributed by atoms with E-state index in [0.717, 1.165) is 18.7 Å². The summed E-state index contributed by atoms with van der Waals surface area (Å²) in [7, 11) is 0. The van der Waals surface area contributed by atoms with Gasteiger partial charge in [0.05, 0.1) is 12.7 Å². The summed E-state index contributed by atoms with van der Waals surface area (Å²) in [6.07, 6.45) is 9.27. The van der Waals surface area contributed by atoms with Gasteiger partial charge in [-0.15, -0.1) is 5.10 Å². The number of nitrogens with zero attached hydrogens (tertiary/aromatic N) is 3. The van der Waals surface area contributed by atoms with Crippen LogP contribution in [0.3, 0.4) is 0 Å². The van der Waals surface area contributed by atoms with Crippen molar-refractivity contribution in [1.29, 1.82) is 0 Å². The average molecular weight is 239 g/mol. The number of hydrogen-bond acceptors (Lipinski definition) is 2. The van der Waals surface area contributed by atoms with Crippen LogP contribution in [-0.2, 0) is 6.54 Å². The van der Waals surface area contributed by atoms with E-state index in [-0.39, 0.29) is 0 Å². The molecular formula is C15H17N3. The Kier molecular flexibility index (Phi) is 3.22. The minimum Gasteiger partial charge on any atom is -0.247 e. The highest BCUT2D eigenvalue weighted by Gasteiger charge is 2.09. The molecule has 0 fully saturated rings. The van der Waals surface area contributed by atoms with E-state index in [9.17, 15) is 0 Å². The molecule has 0 atom stereocenters. The van der Waals surface area contributed by atoms with Crippen LogP contribution in [0.5, 0.6) is 0 Å². The topological polar surface area (TPSA) is 30.7 Å². The van der Waals surface area contributed by atoms with Crippen molar-refractivity contribution in [2.75, 3.05) is 0 Å². The van der Waals surface area contributed by atoms with Crippen molar-refractivity contribution in [3.05, 3.63) is 53.9 Å². The minimum atomic E-state index is 0.793. The predicted molar refractivity (Wildman–Crippen MR) is 72.0 cm³/mol. The molecule has 0 bridgehead atoms. The molecular weight excluding hydrogens is 222 g/mol. The van der Waals surface area contributed by atoms with Crippen LogP contribution in [0, 0.1) is 0 Å². The normalized spacial score (nSPS) is 15.4. The van der Waals surface area contributed by atoms with Gasteiger partial charge in [-0.1, -0.05) is 41.6 Å². The molecule has 0 spiro atoms. The van der Waals surface area contributed by atoms with Crippen molar-refractivity contribution in [2.24, 2.45) is 0 Å². The molecule has 92 valence electrons. The van der Waals surface area contributed by atoms with Gasteiger partial charge in [-0.25, -0.2) is 4.68 Å². The summed E-state index contributed by atoms with van der Waals surface area (Å²) >= 11 is 0. The van der Waals surface area contributed by atoms with Gasteiger partial charge in [-0.05, 0) is 36.8 Å². The van der Waals surface area contributed by atoms with E-state index in [0.29, 0.717) is 0 Å². The van der Waals surface area contributed by atoms with E-state index in [1.54, 1.807) is 0 Å². The molecule has 0 aliphatic heterocycles. The van der Waals surface area contributed by atoms with Gasteiger partial charge in [0.2, 0.25) is 0 Å². The quantitative estimate of drug-likeness (QED) is 0.823. The molecule has 0 N–H and O–H groups in total. The summed E-state index contributed by atoms with van der Waals surface area (Å²) in [5, 5.41) is 8.49. The Balaban J connectivity index is 1.75. The van der Waals surface area contributed by atoms with Crippen LogP contribution in [0.4, 0.5) is 0 Å². The van der Waals surface area contributed by atoms with E-state index in [2.05, 4.69) is 46.9 Å². The monoisotopic (exact) mass is 239 g/mol. The maximum absolute atomic E-state index is 4.28. The summed E-state index contributed by atoms with van der Waals surface area (Å²) in [6.45, 7) is 0.793. The zero-order valence-electron chi connectivity index (χ0n) is 10.4. The summed E-state index contributed by atoms with van der Waals surface area (Å²) in [5.74, 6) is 0. The Morgan fingerprint density at radius 1 is 1.11 bits per heavy atom. The van der Waals surface area contributed by atoms with Gasteiger partial charge in [0.25, 0.3) is 0 Å². The average Bonchev–Trinajstić information content (AvgIpc) is 2.89. The summed E-state index contributed by atoms with van der Waals surface area (Å²) in [6, 6.07) is 10.4. The Hall–Kier alpha value is -1.90. The van der Waals surface area contributed by atoms with Gasteiger partial charge < -0.3 is 0 Å². The zero-order valence-corrected chi connectivity index (χ0v) is 10.4. The van der Waals surface area contributed by atoms with Crippen LogP contribution in [0.15, 0.2) is 42.6 Å². The van der Waals surface area contributed by atoms with E-state index in [1.807, 2.05) is 10.7 Å². The lowest BCUT2D eigenvalue weighted by atomic mass is 9.98. The molecule has 1 heterocycles. The maximum atomic E-state index is 4.28. The smallest absolute Gasteiger partial charge is 0.108 e. The Morgan fingerprint density at radius 2 is 2.00 bits per heavy atom. The van der Waals surface area contributed by atoms with Gasteiger partial charge in [0.15, 0.2) is 0 Å². The van der Waals surface area contributed by atoms with Crippen molar-refractivity contribution in [3.63, 3.8) is 0 Å². The first-order chi connectivity index (χ1) is 8.92. The third kappa shape index (κ3) is 2.50. The van der Waals surface area contributed by atoms with Crippen LogP contribution < -0.4 is 0 Å². The van der Waals surface area contributed by atoms with Crippen LogP contribution in [0.25, 0.3) is 5.57 Å². The van der Waals surface area contributed by atoms with E-state index in [4.69, 9.17) is 0 Å². The van der Waals surface area contributed by atoms with E-state index in [1.165, 1.54) is 30.4 Å². The van der Waals surface area contributed by atoms with Crippen LogP contribution in [0.1, 0.15) is 36.9 Å². The van der Waals surface area contributed by atoms with Gasteiger partial charge in [-0.3, -0.25) is 0 Å².